The van der Waals surface area contributed by atoms with Gasteiger partial charge in [-0.15, -0.1) is 8.78 Å². The third kappa shape index (κ3) is 3.88. The van der Waals surface area contributed by atoms with Crippen molar-refractivity contribution in [1.29, 1.82) is 0 Å². The number of urea groups is 1. The molecule has 0 spiro atoms. The fraction of sp³-hybridized carbons (Fsp3) is 0.158. The lowest BCUT2D eigenvalue weighted by Gasteiger charge is -2.12. The number of alkyl halides is 2. The third-order valence-corrected chi connectivity index (χ3v) is 4.88. The highest BCUT2D eigenvalue weighted by molar-refractivity contribution is 9.10. The van der Waals surface area contributed by atoms with E-state index < -0.39 is 12.3 Å². The van der Waals surface area contributed by atoms with E-state index in [-0.39, 0.29) is 17.2 Å². The SMILES string of the molecule is Cc1ccc(NC(=O)Nc2ccc3c(c2)OC(F)(F)O3)cc1-c1c(Br)cnn1C. The van der Waals surface area contributed by atoms with Crippen LogP contribution in [0.1, 0.15) is 5.56 Å². The van der Waals surface area contributed by atoms with Crippen molar-refractivity contribution in [3.8, 4) is 22.8 Å². The minimum atomic E-state index is -3.71. The van der Waals surface area contributed by atoms with Crippen LogP contribution in [-0.4, -0.2) is 22.1 Å². The van der Waals surface area contributed by atoms with Crippen LogP contribution < -0.4 is 20.1 Å². The van der Waals surface area contributed by atoms with E-state index in [1.54, 1.807) is 16.9 Å². The minimum Gasteiger partial charge on any atom is -0.395 e. The number of ether oxygens (including phenoxy) is 2. The van der Waals surface area contributed by atoms with E-state index in [0.29, 0.717) is 5.69 Å². The summed E-state index contributed by atoms with van der Waals surface area (Å²) in [7, 11) is 1.83. The second-order valence-corrected chi connectivity index (χ2v) is 7.26. The van der Waals surface area contributed by atoms with Gasteiger partial charge >= 0.3 is 12.3 Å². The Labute approximate surface area is 172 Å². The summed E-state index contributed by atoms with van der Waals surface area (Å²) in [4.78, 5) is 12.4. The number of carbonyl (C=O) groups excluding carboxylic acids is 1. The van der Waals surface area contributed by atoms with E-state index in [9.17, 15) is 13.6 Å². The number of hydrogen-bond donors (Lipinski definition) is 2. The van der Waals surface area contributed by atoms with Gasteiger partial charge in [-0.25, -0.2) is 4.79 Å². The number of carbonyl (C=O) groups is 1. The third-order valence-electron chi connectivity index (χ3n) is 4.30. The molecule has 29 heavy (non-hydrogen) atoms. The fourth-order valence-electron chi connectivity index (χ4n) is 2.99. The molecule has 0 fully saturated rings. The summed E-state index contributed by atoms with van der Waals surface area (Å²) >= 11 is 3.48. The molecular formula is C19H15BrF2N4O3. The fourth-order valence-corrected chi connectivity index (χ4v) is 3.55. The van der Waals surface area contributed by atoms with Gasteiger partial charge in [0.05, 0.1) is 16.4 Å². The number of rotatable bonds is 3. The molecule has 0 bridgehead atoms. The first kappa shape index (κ1) is 19.2. The summed E-state index contributed by atoms with van der Waals surface area (Å²) in [5, 5.41) is 9.52. The molecule has 150 valence electrons. The molecule has 1 aromatic heterocycles. The summed E-state index contributed by atoms with van der Waals surface area (Å²) in [5.74, 6) is -0.239. The molecule has 1 aliphatic rings. The Morgan fingerprint density at radius 3 is 2.45 bits per heavy atom. The zero-order valence-corrected chi connectivity index (χ0v) is 16.9. The van der Waals surface area contributed by atoms with Crippen molar-refractivity contribution < 1.29 is 23.0 Å². The maximum atomic E-state index is 13.1. The summed E-state index contributed by atoms with van der Waals surface area (Å²) < 4.78 is 37.5. The summed E-state index contributed by atoms with van der Waals surface area (Å²) in [5.41, 5.74) is 3.63. The van der Waals surface area contributed by atoms with Crippen LogP contribution in [-0.2, 0) is 7.05 Å². The average Bonchev–Trinajstić information content (AvgIpc) is 3.13. The molecule has 2 aromatic carbocycles. The van der Waals surface area contributed by atoms with Gasteiger partial charge in [0, 0.05) is 30.1 Å². The zero-order chi connectivity index (χ0) is 20.8. The van der Waals surface area contributed by atoms with Gasteiger partial charge in [-0.05, 0) is 52.7 Å². The number of halogens is 3. The van der Waals surface area contributed by atoms with Gasteiger partial charge in [0.1, 0.15) is 0 Å². The Bertz CT molecular complexity index is 1100. The van der Waals surface area contributed by atoms with Gasteiger partial charge in [0.15, 0.2) is 11.5 Å². The highest BCUT2D eigenvalue weighted by Crippen LogP contribution is 2.42. The van der Waals surface area contributed by atoms with Crippen LogP contribution in [0, 0.1) is 6.92 Å². The Balaban J connectivity index is 1.51. The Hall–Kier alpha value is -3.14. The molecule has 0 saturated carbocycles. The van der Waals surface area contributed by atoms with Crippen molar-refractivity contribution in [2.45, 2.75) is 13.2 Å². The molecule has 3 aromatic rings. The van der Waals surface area contributed by atoms with Crippen LogP contribution in [0.2, 0.25) is 0 Å². The predicted molar refractivity (Wildman–Crippen MR) is 106 cm³/mol. The molecule has 7 nitrogen and oxygen atoms in total. The van der Waals surface area contributed by atoms with Crippen molar-refractivity contribution in [2.75, 3.05) is 10.6 Å². The number of aromatic nitrogens is 2. The minimum absolute atomic E-state index is 0.0918. The molecule has 2 amide bonds. The molecule has 10 heteroatoms. The average molecular weight is 465 g/mol. The Morgan fingerprint density at radius 1 is 1.10 bits per heavy atom. The first-order valence-electron chi connectivity index (χ1n) is 8.48. The van der Waals surface area contributed by atoms with E-state index in [2.05, 4.69) is 41.1 Å². The highest BCUT2D eigenvalue weighted by atomic mass is 79.9. The first-order chi connectivity index (χ1) is 13.7. The van der Waals surface area contributed by atoms with Crippen molar-refractivity contribution in [2.24, 2.45) is 7.05 Å². The van der Waals surface area contributed by atoms with Crippen LogP contribution in [0.3, 0.4) is 0 Å². The number of fused-ring (bicyclic) bond motifs is 1. The molecule has 2 heterocycles. The lowest BCUT2D eigenvalue weighted by atomic mass is 10.0. The van der Waals surface area contributed by atoms with Crippen LogP contribution in [0.25, 0.3) is 11.3 Å². The maximum Gasteiger partial charge on any atom is 0.586 e. The van der Waals surface area contributed by atoms with Crippen LogP contribution in [0.5, 0.6) is 11.5 Å². The van der Waals surface area contributed by atoms with E-state index >= 15 is 0 Å². The van der Waals surface area contributed by atoms with Crippen molar-refractivity contribution in [3.05, 3.63) is 52.6 Å². The smallest absolute Gasteiger partial charge is 0.395 e. The largest absolute Gasteiger partial charge is 0.586 e. The summed E-state index contributed by atoms with van der Waals surface area (Å²) in [6.07, 6.45) is -2.01. The summed E-state index contributed by atoms with van der Waals surface area (Å²) in [6.45, 7) is 1.96. The summed E-state index contributed by atoms with van der Waals surface area (Å²) in [6, 6.07) is 8.96. The van der Waals surface area contributed by atoms with Gasteiger partial charge in [-0.2, -0.15) is 5.10 Å². The second kappa shape index (κ2) is 7.03. The van der Waals surface area contributed by atoms with Gasteiger partial charge in [0.25, 0.3) is 0 Å². The van der Waals surface area contributed by atoms with Crippen molar-refractivity contribution in [3.63, 3.8) is 0 Å². The number of anilines is 2. The lowest BCUT2D eigenvalue weighted by molar-refractivity contribution is -0.286. The molecule has 0 unspecified atom stereocenters. The monoisotopic (exact) mass is 464 g/mol. The number of amides is 2. The van der Waals surface area contributed by atoms with Crippen molar-refractivity contribution in [1.82, 2.24) is 9.78 Å². The van der Waals surface area contributed by atoms with E-state index in [1.807, 2.05) is 26.1 Å². The number of benzene rings is 2. The van der Waals surface area contributed by atoms with Gasteiger partial charge in [-0.1, -0.05) is 6.07 Å². The number of nitrogens with one attached hydrogen (secondary N) is 2. The number of hydrogen-bond acceptors (Lipinski definition) is 4. The normalized spacial score (nSPS) is 14.0. The van der Waals surface area contributed by atoms with Gasteiger partial charge < -0.3 is 20.1 Å². The Morgan fingerprint density at radius 2 is 1.76 bits per heavy atom. The molecule has 4 rings (SSSR count). The van der Waals surface area contributed by atoms with Crippen LogP contribution in [0.15, 0.2) is 47.1 Å². The quantitative estimate of drug-likeness (QED) is 0.563. The number of aryl methyl sites for hydroxylation is 2. The van der Waals surface area contributed by atoms with E-state index in [4.69, 9.17) is 0 Å². The van der Waals surface area contributed by atoms with E-state index in [1.165, 1.54) is 18.2 Å². The van der Waals surface area contributed by atoms with Gasteiger partial charge in [0.2, 0.25) is 0 Å². The first-order valence-corrected chi connectivity index (χ1v) is 9.27. The maximum absolute atomic E-state index is 13.1. The number of nitrogens with zero attached hydrogens (tertiary/aromatic N) is 2. The topological polar surface area (TPSA) is 77.4 Å². The predicted octanol–water partition coefficient (Wildman–Crippen LogP) is 5.12. The van der Waals surface area contributed by atoms with Crippen molar-refractivity contribution >= 4 is 33.3 Å². The molecular weight excluding hydrogens is 450 g/mol. The molecule has 0 saturated heterocycles. The molecule has 2 N–H and O–H groups in total. The molecule has 0 aliphatic carbocycles. The van der Waals surface area contributed by atoms with Gasteiger partial charge in [-0.3, -0.25) is 4.68 Å². The highest BCUT2D eigenvalue weighted by Gasteiger charge is 2.43. The van der Waals surface area contributed by atoms with Crippen LogP contribution >= 0.6 is 15.9 Å². The lowest BCUT2D eigenvalue weighted by Crippen LogP contribution is -2.25. The van der Waals surface area contributed by atoms with E-state index in [0.717, 1.165) is 21.3 Å². The standard InChI is InChI=1S/C19H15BrF2N4O3/c1-10-3-4-11(7-13(10)17-14(20)9-23-26(17)2)24-18(27)25-12-5-6-15-16(8-12)29-19(21,22)28-15/h3-9H,1-2H3,(H2,24,25,27). The van der Waals surface area contributed by atoms with Crippen LogP contribution in [0.4, 0.5) is 25.0 Å². The second-order valence-electron chi connectivity index (χ2n) is 6.40. The molecule has 1 aliphatic heterocycles. The molecule has 0 radical (unpaired) electrons. The zero-order valence-electron chi connectivity index (χ0n) is 15.3. The Kier molecular flexibility index (Phi) is 4.65. The molecule has 0 atom stereocenters.